The highest BCUT2D eigenvalue weighted by Gasteiger charge is 2.02. The van der Waals surface area contributed by atoms with Crippen LogP contribution in [0.5, 0.6) is 0 Å². The molecule has 0 radical (unpaired) electrons. The lowest BCUT2D eigenvalue weighted by molar-refractivity contribution is 0.0953. The molecule has 5 heteroatoms. The van der Waals surface area contributed by atoms with Crippen LogP contribution < -0.4 is 11.1 Å². The lowest BCUT2D eigenvalue weighted by atomic mass is 10.2. The van der Waals surface area contributed by atoms with Crippen LogP contribution in [0.4, 0.5) is 0 Å². The normalized spacial score (nSPS) is 9.20. The second-order valence-corrected chi connectivity index (χ2v) is 3.34. The first-order valence-electron chi connectivity index (χ1n) is 4.48. The van der Waals surface area contributed by atoms with E-state index in [2.05, 4.69) is 5.32 Å². The summed E-state index contributed by atoms with van der Waals surface area (Å²) in [6.07, 6.45) is 0.791. The molecule has 1 rings (SSSR count). The highest BCUT2D eigenvalue weighted by molar-refractivity contribution is 6.30. The maximum Gasteiger partial charge on any atom is 0.251 e. The highest BCUT2D eigenvalue weighted by atomic mass is 35.5. The molecule has 0 aliphatic heterocycles. The molecule has 1 amide bonds. The smallest absolute Gasteiger partial charge is 0.251 e. The van der Waals surface area contributed by atoms with Crippen LogP contribution in [-0.4, -0.2) is 19.0 Å². The van der Waals surface area contributed by atoms with Gasteiger partial charge >= 0.3 is 0 Å². The van der Waals surface area contributed by atoms with Gasteiger partial charge in [0, 0.05) is 17.1 Å². The Bertz CT molecular complexity index is 301. The second-order valence-electron chi connectivity index (χ2n) is 2.91. The number of carbonyl (C=O) groups excluding carboxylic acids is 1. The van der Waals surface area contributed by atoms with Crippen molar-refractivity contribution in [2.75, 3.05) is 13.1 Å². The first-order chi connectivity index (χ1) is 6.74. The average molecular weight is 249 g/mol. The van der Waals surface area contributed by atoms with Gasteiger partial charge in [0.15, 0.2) is 0 Å². The third-order valence-corrected chi connectivity index (χ3v) is 2.02. The fourth-order valence-electron chi connectivity index (χ4n) is 1.01. The van der Waals surface area contributed by atoms with Gasteiger partial charge in [-0.05, 0) is 37.2 Å². The molecule has 0 saturated carbocycles. The summed E-state index contributed by atoms with van der Waals surface area (Å²) in [6.45, 7) is 1.19. The van der Waals surface area contributed by atoms with Crippen molar-refractivity contribution in [1.82, 2.24) is 5.32 Å². The summed E-state index contributed by atoms with van der Waals surface area (Å²) in [5.74, 6) is -0.0879. The molecule has 0 spiro atoms. The van der Waals surface area contributed by atoms with Crippen molar-refractivity contribution in [3.8, 4) is 0 Å². The van der Waals surface area contributed by atoms with Gasteiger partial charge in [-0.1, -0.05) is 11.6 Å². The van der Waals surface area contributed by atoms with Gasteiger partial charge in [0.1, 0.15) is 0 Å². The van der Waals surface area contributed by atoms with E-state index in [9.17, 15) is 4.79 Å². The van der Waals surface area contributed by atoms with Gasteiger partial charge in [-0.2, -0.15) is 0 Å². The Balaban J connectivity index is 0.00000196. The Labute approximate surface area is 100 Å². The van der Waals surface area contributed by atoms with Crippen molar-refractivity contribution in [1.29, 1.82) is 0 Å². The first-order valence-corrected chi connectivity index (χ1v) is 4.85. The number of hydrogen-bond donors (Lipinski definition) is 2. The lowest BCUT2D eigenvalue weighted by Gasteiger charge is -2.03. The van der Waals surface area contributed by atoms with Crippen LogP contribution in [0, 0.1) is 0 Å². The summed E-state index contributed by atoms with van der Waals surface area (Å²) in [4.78, 5) is 11.4. The molecule has 0 aliphatic carbocycles. The van der Waals surface area contributed by atoms with Crippen molar-refractivity contribution < 1.29 is 4.79 Å². The molecule has 0 aliphatic rings. The van der Waals surface area contributed by atoms with Crippen LogP contribution in [-0.2, 0) is 0 Å². The number of nitrogens with one attached hydrogen (secondary N) is 1. The van der Waals surface area contributed by atoms with Crippen LogP contribution in [0.25, 0.3) is 0 Å². The van der Waals surface area contributed by atoms with E-state index < -0.39 is 0 Å². The van der Waals surface area contributed by atoms with E-state index in [-0.39, 0.29) is 18.3 Å². The fraction of sp³-hybridized carbons (Fsp3) is 0.300. The number of benzene rings is 1. The van der Waals surface area contributed by atoms with Gasteiger partial charge < -0.3 is 11.1 Å². The summed E-state index contributed by atoms with van der Waals surface area (Å²) in [5, 5.41) is 3.39. The molecular weight excluding hydrogens is 235 g/mol. The Kier molecular flexibility index (Phi) is 7.13. The Hall–Kier alpha value is -0.770. The van der Waals surface area contributed by atoms with E-state index in [1.165, 1.54) is 0 Å². The largest absolute Gasteiger partial charge is 0.352 e. The predicted octanol–water partition coefficient (Wildman–Crippen LogP) is 1.84. The van der Waals surface area contributed by atoms with Crippen LogP contribution in [0.15, 0.2) is 24.3 Å². The van der Waals surface area contributed by atoms with Crippen molar-refractivity contribution in [2.24, 2.45) is 5.73 Å². The lowest BCUT2D eigenvalue weighted by Crippen LogP contribution is -2.25. The molecule has 3 nitrogen and oxygen atoms in total. The zero-order valence-corrected chi connectivity index (χ0v) is 9.77. The predicted molar refractivity (Wildman–Crippen MR) is 64.7 cm³/mol. The molecule has 0 saturated heterocycles. The topological polar surface area (TPSA) is 55.1 Å². The molecule has 15 heavy (non-hydrogen) atoms. The minimum absolute atomic E-state index is 0. The second kappa shape index (κ2) is 7.51. The Morgan fingerprint density at radius 2 is 1.93 bits per heavy atom. The van der Waals surface area contributed by atoms with E-state index in [0.29, 0.717) is 23.7 Å². The average Bonchev–Trinajstić information content (AvgIpc) is 2.19. The van der Waals surface area contributed by atoms with E-state index in [1.54, 1.807) is 24.3 Å². The number of rotatable bonds is 4. The van der Waals surface area contributed by atoms with E-state index in [0.717, 1.165) is 6.42 Å². The molecule has 1 aromatic carbocycles. The third kappa shape index (κ3) is 5.02. The van der Waals surface area contributed by atoms with Gasteiger partial charge in [-0.3, -0.25) is 4.79 Å². The number of amides is 1. The number of nitrogens with two attached hydrogens (primary N) is 1. The van der Waals surface area contributed by atoms with Crippen LogP contribution in [0.2, 0.25) is 5.02 Å². The fourth-order valence-corrected chi connectivity index (χ4v) is 1.13. The zero-order valence-electron chi connectivity index (χ0n) is 8.20. The Morgan fingerprint density at radius 3 is 2.47 bits per heavy atom. The number of hydrogen-bond acceptors (Lipinski definition) is 2. The van der Waals surface area contributed by atoms with Gasteiger partial charge in [0.05, 0.1) is 0 Å². The summed E-state index contributed by atoms with van der Waals surface area (Å²) >= 11 is 5.69. The maximum atomic E-state index is 11.4. The molecule has 3 N–H and O–H groups in total. The van der Waals surface area contributed by atoms with Crippen molar-refractivity contribution in [2.45, 2.75) is 6.42 Å². The molecule has 0 bridgehead atoms. The van der Waals surface area contributed by atoms with E-state index in [4.69, 9.17) is 17.3 Å². The maximum absolute atomic E-state index is 11.4. The number of halogens is 2. The zero-order chi connectivity index (χ0) is 10.4. The quantitative estimate of drug-likeness (QED) is 0.800. The monoisotopic (exact) mass is 248 g/mol. The van der Waals surface area contributed by atoms with Crippen LogP contribution in [0.3, 0.4) is 0 Å². The molecule has 0 unspecified atom stereocenters. The molecule has 0 atom stereocenters. The summed E-state index contributed by atoms with van der Waals surface area (Å²) < 4.78 is 0. The van der Waals surface area contributed by atoms with Gasteiger partial charge in [-0.15, -0.1) is 12.4 Å². The van der Waals surface area contributed by atoms with Crippen LogP contribution >= 0.6 is 24.0 Å². The van der Waals surface area contributed by atoms with Crippen molar-refractivity contribution in [3.05, 3.63) is 34.9 Å². The standard InChI is InChI=1S/C10H13ClN2O.ClH/c11-9-4-2-8(3-5-9)10(14)13-7-1-6-12;/h2-5H,1,6-7,12H2,(H,13,14);1H. The summed E-state index contributed by atoms with van der Waals surface area (Å²) in [6, 6.07) is 6.78. The third-order valence-electron chi connectivity index (χ3n) is 1.77. The summed E-state index contributed by atoms with van der Waals surface area (Å²) in [5.41, 5.74) is 5.92. The van der Waals surface area contributed by atoms with Crippen molar-refractivity contribution in [3.63, 3.8) is 0 Å². The molecule has 1 aromatic rings. The van der Waals surface area contributed by atoms with E-state index >= 15 is 0 Å². The van der Waals surface area contributed by atoms with Gasteiger partial charge in [-0.25, -0.2) is 0 Å². The number of carbonyl (C=O) groups is 1. The van der Waals surface area contributed by atoms with Crippen LogP contribution in [0.1, 0.15) is 16.8 Å². The molecule has 84 valence electrons. The molecule has 0 heterocycles. The first kappa shape index (κ1) is 14.2. The van der Waals surface area contributed by atoms with Gasteiger partial charge in [0.2, 0.25) is 0 Å². The van der Waals surface area contributed by atoms with Gasteiger partial charge in [0.25, 0.3) is 5.91 Å². The van der Waals surface area contributed by atoms with E-state index in [1.807, 2.05) is 0 Å². The SMILES string of the molecule is Cl.NCCCNC(=O)c1ccc(Cl)cc1. The Morgan fingerprint density at radius 1 is 1.33 bits per heavy atom. The minimum Gasteiger partial charge on any atom is -0.352 e. The molecular formula is C10H14Cl2N2O. The molecule has 0 aromatic heterocycles. The summed E-state index contributed by atoms with van der Waals surface area (Å²) in [7, 11) is 0. The minimum atomic E-state index is -0.0879. The molecule has 0 fully saturated rings. The highest BCUT2D eigenvalue weighted by Crippen LogP contribution is 2.09. The van der Waals surface area contributed by atoms with Crippen molar-refractivity contribution >= 4 is 29.9 Å².